The first-order valence-electron chi connectivity index (χ1n) is 7.71. The van der Waals surface area contributed by atoms with E-state index in [-0.39, 0.29) is 24.4 Å². The fourth-order valence-electron chi connectivity index (χ4n) is 2.58. The highest BCUT2D eigenvalue weighted by molar-refractivity contribution is 5.78. The Kier molecular flexibility index (Phi) is 6.20. The minimum absolute atomic E-state index is 0.176. The summed E-state index contributed by atoms with van der Waals surface area (Å²) in [4.78, 5) is 11.9. The van der Waals surface area contributed by atoms with Gasteiger partial charge in [0.25, 0.3) is 0 Å². The Morgan fingerprint density at radius 3 is 2.23 bits per heavy atom. The van der Waals surface area contributed by atoms with Crippen LogP contribution >= 0.6 is 0 Å². The number of benzene rings is 2. The summed E-state index contributed by atoms with van der Waals surface area (Å²) in [7, 11) is 0. The van der Waals surface area contributed by atoms with Crippen molar-refractivity contribution in [2.45, 2.75) is 26.1 Å². The molecule has 1 atom stereocenters. The van der Waals surface area contributed by atoms with Crippen LogP contribution in [0.5, 0.6) is 5.75 Å². The van der Waals surface area contributed by atoms with Crippen LogP contribution in [0.25, 0.3) is 0 Å². The van der Waals surface area contributed by atoms with Crippen LogP contribution in [0, 0.1) is 18.7 Å². The highest BCUT2D eigenvalue weighted by Gasteiger charge is 2.31. The summed E-state index contributed by atoms with van der Waals surface area (Å²) in [6.07, 6.45) is -4.37. The fourth-order valence-corrected chi connectivity index (χ4v) is 2.58. The molecule has 0 saturated carbocycles. The van der Waals surface area contributed by atoms with Crippen molar-refractivity contribution in [3.05, 3.63) is 65.0 Å². The Morgan fingerprint density at radius 2 is 1.69 bits per heavy atom. The van der Waals surface area contributed by atoms with Crippen molar-refractivity contribution in [3.8, 4) is 5.75 Å². The highest BCUT2D eigenvalue weighted by Crippen LogP contribution is 2.24. The Balaban J connectivity index is 2.12. The van der Waals surface area contributed by atoms with E-state index in [1.54, 1.807) is 24.5 Å². The minimum atomic E-state index is -4.78. The molecule has 1 unspecified atom stereocenters. The van der Waals surface area contributed by atoms with Crippen LogP contribution in [0.15, 0.2) is 42.5 Å². The monoisotopic (exact) mass is 371 g/mol. The van der Waals surface area contributed by atoms with E-state index in [2.05, 4.69) is 4.74 Å². The van der Waals surface area contributed by atoms with Gasteiger partial charge in [-0.3, -0.25) is 10.0 Å². The maximum Gasteiger partial charge on any atom is 0.573 e. The van der Waals surface area contributed by atoms with Crippen LogP contribution in [-0.4, -0.2) is 17.5 Å². The van der Waals surface area contributed by atoms with Gasteiger partial charge in [0, 0.05) is 5.92 Å². The van der Waals surface area contributed by atoms with Gasteiger partial charge in [0.2, 0.25) is 5.91 Å². The molecule has 0 fully saturated rings. The molecular weight excluding hydrogens is 354 g/mol. The number of hydrogen-bond acceptors (Lipinski definition) is 3. The number of alkyl halides is 3. The second-order valence-corrected chi connectivity index (χ2v) is 5.86. The summed E-state index contributed by atoms with van der Waals surface area (Å²) in [5.74, 6) is -2.04. The number of aryl methyl sites for hydroxylation is 1. The van der Waals surface area contributed by atoms with Gasteiger partial charge in [0.05, 0.1) is 0 Å². The van der Waals surface area contributed by atoms with Crippen molar-refractivity contribution in [1.82, 2.24) is 5.48 Å². The van der Waals surface area contributed by atoms with Crippen LogP contribution in [0.2, 0.25) is 0 Å². The SMILES string of the molecule is Cc1cc(CC(Cc2ccc(OC(F)(F)F)cc2)C(=O)NO)ccc1F. The van der Waals surface area contributed by atoms with E-state index < -0.39 is 18.2 Å². The zero-order chi connectivity index (χ0) is 19.3. The Morgan fingerprint density at radius 1 is 1.12 bits per heavy atom. The number of hydrogen-bond donors (Lipinski definition) is 2. The summed E-state index contributed by atoms with van der Waals surface area (Å²) in [6, 6.07) is 9.57. The molecule has 0 aromatic heterocycles. The third-order valence-corrected chi connectivity index (χ3v) is 3.82. The van der Waals surface area contributed by atoms with Crippen LogP contribution in [0.1, 0.15) is 16.7 Å². The molecule has 0 aliphatic rings. The van der Waals surface area contributed by atoms with Crippen molar-refractivity contribution in [1.29, 1.82) is 0 Å². The molecule has 0 aliphatic heterocycles. The van der Waals surface area contributed by atoms with E-state index in [0.717, 1.165) is 12.1 Å². The van der Waals surface area contributed by atoms with Gasteiger partial charge in [-0.2, -0.15) is 0 Å². The molecule has 26 heavy (non-hydrogen) atoms. The number of carbonyl (C=O) groups excluding carboxylic acids is 1. The number of nitrogens with one attached hydrogen (secondary N) is 1. The largest absolute Gasteiger partial charge is 0.573 e. The van der Waals surface area contributed by atoms with Crippen LogP contribution in [-0.2, 0) is 17.6 Å². The molecule has 4 nitrogen and oxygen atoms in total. The third-order valence-electron chi connectivity index (χ3n) is 3.82. The molecule has 0 saturated heterocycles. The predicted octanol–water partition coefficient (Wildman–Crippen LogP) is 3.94. The zero-order valence-corrected chi connectivity index (χ0v) is 13.8. The first-order chi connectivity index (χ1) is 12.2. The van der Waals surface area contributed by atoms with Crippen LogP contribution in [0.3, 0.4) is 0 Å². The van der Waals surface area contributed by atoms with E-state index in [1.807, 2.05) is 0 Å². The number of halogens is 4. The molecule has 2 N–H and O–H groups in total. The Hall–Kier alpha value is -2.61. The van der Waals surface area contributed by atoms with Gasteiger partial charge in [-0.15, -0.1) is 13.2 Å². The van der Waals surface area contributed by atoms with Crippen molar-refractivity contribution >= 4 is 5.91 Å². The molecule has 140 valence electrons. The van der Waals surface area contributed by atoms with Gasteiger partial charge >= 0.3 is 6.36 Å². The quantitative estimate of drug-likeness (QED) is 0.459. The standard InChI is InChI=1S/C18H17F4NO3/c1-11-8-13(4-7-16(11)19)10-14(17(24)23-25)9-12-2-5-15(6-3-12)26-18(20,21)22/h2-8,14,25H,9-10H2,1H3,(H,23,24). The summed E-state index contributed by atoms with van der Waals surface area (Å²) in [5, 5.41) is 8.93. The summed E-state index contributed by atoms with van der Waals surface area (Å²) in [5.41, 5.74) is 3.31. The molecule has 2 rings (SSSR count). The third kappa shape index (κ3) is 5.73. The molecule has 2 aromatic rings. The number of carbonyl (C=O) groups is 1. The molecule has 1 amide bonds. The molecule has 0 heterocycles. The number of amides is 1. The maximum absolute atomic E-state index is 13.4. The van der Waals surface area contributed by atoms with Crippen molar-refractivity contribution in [2.24, 2.45) is 5.92 Å². The lowest BCUT2D eigenvalue weighted by Crippen LogP contribution is -2.31. The van der Waals surface area contributed by atoms with Gasteiger partial charge in [-0.1, -0.05) is 24.3 Å². The molecular formula is C18H17F4NO3. The first-order valence-corrected chi connectivity index (χ1v) is 7.71. The second-order valence-electron chi connectivity index (χ2n) is 5.86. The van der Waals surface area contributed by atoms with Crippen molar-refractivity contribution in [2.75, 3.05) is 0 Å². The average Bonchev–Trinajstić information content (AvgIpc) is 2.57. The molecule has 0 radical (unpaired) electrons. The first kappa shape index (κ1) is 19.7. The highest BCUT2D eigenvalue weighted by atomic mass is 19.4. The van der Waals surface area contributed by atoms with Gasteiger partial charge in [-0.05, 0) is 54.7 Å². The average molecular weight is 371 g/mol. The van der Waals surface area contributed by atoms with E-state index in [0.29, 0.717) is 16.7 Å². The van der Waals surface area contributed by atoms with Gasteiger partial charge in [0.1, 0.15) is 11.6 Å². The number of ether oxygens (including phenoxy) is 1. The zero-order valence-electron chi connectivity index (χ0n) is 13.8. The molecule has 2 aromatic carbocycles. The maximum atomic E-state index is 13.4. The van der Waals surface area contributed by atoms with Gasteiger partial charge in [0.15, 0.2) is 0 Å². The van der Waals surface area contributed by atoms with E-state index >= 15 is 0 Å². The lowest BCUT2D eigenvalue weighted by Gasteiger charge is -2.16. The van der Waals surface area contributed by atoms with E-state index in [4.69, 9.17) is 5.21 Å². The van der Waals surface area contributed by atoms with Crippen LogP contribution in [0.4, 0.5) is 17.6 Å². The Bertz CT molecular complexity index is 760. The lowest BCUT2D eigenvalue weighted by molar-refractivity contribution is -0.274. The molecule has 0 spiro atoms. The van der Waals surface area contributed by atoms with Gasteiger partial charge in [-0.25, -0.2) is 9.87 Å². The summed E-state index contributed by atoms with van der Waals surface area (Å²) in [6.45, 7) is 1.60. The minimum Gasteiger partial charge on any atom is -0.406 e. The molecule has 0 bridgehead atoms. The normalized spacial score (nSPS) is 12.5. The van der Waals surface area contributed by atoms with Gasteiger partial charge < -0.3 is 4.74 Å². The summed E-state index contributed by atoms with van der Waals surface area (Å²) >= 11 is 0. The fraction of sp³-hybridized carbons (Fsp3) is 0.278. The Labute approximate surface area is 147 Å². The second kappa shape index (κ2) is 8.18. The molecule has 8 heteroatoms. The lowest BCUT2D eigenvalue weighted by atomic mass is 9.91. The van der Waals surface area contributed by atoms with Crippen LogP contribution < -0.4 is 10.2 Å². The van der Waals surface area contributed by atoms with Crippen molar-refractivity contribution in [3.63, 3.8) is 0 Å². The van der Waals surface area contributed by atoms with E-state index in [1.165, 1.54) is 18.2 Å². The van der Waals surface area contributed by atoms with E-state index in [9.17, 15) is 22.4 Å². The number of hydroxylamine groups is 1. The molecule has 0 aliphatic carbocycles. The predicted molar refractivity (Wildman–Crippen MR) is 85.1 cm³/mol. The topological polar surface area (TPSA) is 58.6 Å². The smallest absolute Gasteiger partial charge is 0.406 e. The van der Waals surface area contributed by atoms with Crippen molar-refractivity contribution < 1.29 is 32.3 Å². The number of rotatable bonds is 6. The summed E-state index contributed by atoms with van der Waals surface area (Å²) < 4.78 is 53.7.